The van der Waals surface area contributed by atoms with Gasteiger partial charge in [0.15, 0.2) is 5.75 Å². The second-order valence-corrected chi connectivity index (χ2v) is 4.26. The summed E-state index contributed by atoms with van der Waals surface area (Å²) in [5, 5.41) is 0. The molecular weight excluding hydrogens is 242 g/mol. The van der Waals surface area contributed by atoms with E-state index in [1.165, 1.54) is 0 Å². The number of amides is 1. The zero-order chi connectivity index (χ0) is 14.0. The number of pyridine rings is 1. The average Bonchev–Trinajstić information content (AvgIpc) is 2.30. The molecule has 0 unspecified atom stereocenters. The molecule has 0 aliphatic heterocycles. The molecule has 1 amide bonds. The summed E-state index contributed by atoms with van der Waals surface area (Å²) in [6, 6.07) is 8.78. The highest BCUT2D eigenvalue weighted by Gasteiger charge is 2.16. The van der Waals surface area contributed by atoms with Crippen molar-refractivity contribution in [3.63, 3.8) is 0 Å². The molecule has 2 rings (SSSR count). The summed E-state index contributed by atoms with van der Waals surface area (Å²) in [7, 11) is 0. The summed E-state index contributed by atoms with van der Waals surface area (Å²) < 4.78 is 5.63. The molecular formula is C14H15N3O2. The van der Waals surface area contributed by atoms with Crippen LogP contribution in [-0.4, -0.2) is 10.9 Å². The third-order valence-corrected chi connectivity index (χ3v) is 2.68. The lowest BCUT2D eigenvalue weighted by molar-refractivity contribution is 0.0997. The molecule has 5 heteroatoms. The third kappa shape index (κ3) is 2.65. The summed E-state index contributed by atoms with van der Waals surface area (Å²) in [4.78, 5) is 15.7. The van der Waals surface area contributed by atoms with E-state index in [0.29, 0.717) is 11.4 Å². The highest BCUT2D eigenvalue weighted by molar-refractivity contribution is 5.96. The first-order valence-electron chi connectivity index (χ1n) is 5.79. The van der Waals surface area contributed by atoms with Crippen LogP contribution in [0, 0.1) is 13.8 Å². The number of ether oxygens (including phenoxy) is 1. The Kier molecular flexibility index (Phi) is 3.37. The predicted octanol–water partition coefficient (Wildman–Crippen LogP) is 2.17. The number of carbonyl (C=O) groups excluding carboxylic acids is 1. The van der Waals surface area contributed by atoms with Crippen LogP contribution in [0.1, 0.15) is 21.6 Å². The van der Waals surface area contributed by atoms with Crippen molar-refractivity contribution in [1.29, 1.82) is 0 Å². The van der Waals surface area contributed by atoms with Crippen LogP contribution in [0.15, 0.2) is 30.3 Å². The van der Waals surface area contributed by atoms with Gasteiger partial charge in [0.1, 0.15) is 5.56 Å². The largest absolute Gasteiger partial charge is 0.436 e. The monoisotopic (exact) mass is 257 g/mol. The Labute approximate surface area is 111 Å². The zero-order valence-corrected chi connectivity index (χ0v) is 10.8. The van der Waals surface area contributed by atoms with E-state index in [9.17, 15) is 4.79 Å². The quantitative estimate of drug-likeness (QED) is 0.824. The van der Waals surface area contributed by atoms with E-state index in [4.69, 9.17) is 16.2 Å². The summed E-state index contributed by atoms with van der Waals surface area (Å²) in [5.41, 5.74) is 13.4. The van der Waals surface area contributed by atoms with Crippen molar-refractivity contribution >= 4 is 11.6 Å². The molecule has 19 heavy (non-hydrogen) atoms. The van der Waals surface area contributed by atoms with Crippen molar-refractivity contribution in [2.75, 3.05) is 5.73 Å². The van der Waals surface area contributed by atoms with Crippen molar-refractivity contribution in [2.45, 2.75) is 13.8 Å². The fourth-order valence-corrected chi connectivity index (χ4v) is 1.85. The summed E-state index contributed by atoms with van der Waals surface area (Å²) >= 11 is 0. The first kappa shape index (κ1) is 12.9. The van der Waals surface area contributed by atoms with Crippen LogP contribution in [0.3, 0.4) is 0 Å². The molecule has 4 N–H and O–H groups in total. The molecule has 98 valence electrons. The smallest absolute Gasteiger partial charge is 0.254 e. The molecule has 0 atom stereocenters. The third-order valence-electron chi connectivity index (χ3n) is 2.68. The molecule has 1 aromatic carbocycles. The molecule has 0 saturated heterocycles. The van der Waals surface area contributed by atoms with E-state index in [1.54, 1.807) is 37.3 Å². The molecule has 2 aromatic rings. The first-order valence-corrected chi connectivity index (χ1v) is 5.79. The lowest BCUT2D eigenvalue weighted by Gasteiger charge is -2.12. The van der Waals surface area contributed by atoms with Gasteiger partial charge in [0, 0.05) is 5.69 Å². The van der Waals surface area contributed by atoms with Crippen LogP contribution >= 0.6 is 0 Å². The zero-order valence-electron chi connectivity index (χ0n) is 10.8. The van der Waals surface area contributed by atoms with Crippen molar-refractivity contribution in [3.05, 3.63) is 47.2 Å². The summed E-state index contributed by atoms with van der Waals surface area (Å²) in [5.74, 6) is 0.0555. The van der Waals surface area contributed by atoms with Gasteiger partial charge in [-0.2, -0.15) is 0 Å². The second kappa shape index (κ2) is 4.97. The van der Waals surface area contributed by atoms with Crippen LogP contribution < -0.4 is 16.2 Å². The van der Waals surface area contributed by atoms with Crippen LogP contribution in [-0.2, 0) is 0 Å². The van der Waals surface area contributed by atoms with E-state index in [2.05, 4.69) is 4.98 Å². The van der Waals surface area contributed by atoms with E-state index >= 15 is 0 Å². The Balaban J connectivity index is 2.51. The molecule has 0 spiro atoms. The number of hydrogen-bond donors (Lipinski definition) is 2. The van der Waals surface area contributed by atoms with Gasteiger partial charge < -0.3 is 16.2 Å². The Morgan fingerprint density at radius 3 is 2.58 bits per heavy atom. The molecule has 1 aromatic heterocycles. The van der Waals surface area contributed by atoms with Gasteiger partial charge in [-0.15, -0.1) is 0 Å². The molecule has 0 bridgehead atoms. The van der Waals surface area contributed by atoms with E-state index < -0.39 is 5.91 Å². The number of carbonyl (C=O) groups is 1. The number of hydrogen-bond acceptors (Lipinski definition) is 4. The van der Waals surface area contributed by atoms with Gasteiger partial charge in [0.05, 0.1) is 5.69 Å². The fraction of sp³-hybridized carbons (Fsp3) is 0.143. The maximum atomic E-state index is 11.5. The van der Waals surface area contributed by atoms with E-state index in [1.807, 2.05) is 6.92 Å². The summed E-state index contributed by atoms with van der Waals surface area (Å²) in [6.07, 6.45) is 0. The molecule has 5 nitrogen and oxygen atoms in total. The topological polar surface area (TPSA) is 91.2 Å². The van der Waals surface area contributed by atoms with Crippen LogP contribution in [0.5, 0.6) is 11.6 Å². The van der Waals surface area contributed by atoms with E-state index in [-0.39, 0.29) is 11.4 Å². The molecule has 0 radical (unpaired) electrons. The minimum Gasteiger partial charge on any atom is -0.436 e. The molecule has 0 fully saturated rings. The molecule has 0 aliphatic carbocycles. The normalized spacial score (nSPS) is 10.2. The molecule has 0 saturated carbocycles. The Bertz CT molecular complexity index is 639. The van der Waals surface area contributed by atoms with Gasteiger partial charge in [0.2, 0.25) is 5.88 Å². The number of primary amides is 1. The number of nitrogens with two attached hydrogens (primary N) is 2. The van der Waals surface area contributed by atoms with Gasteiger partial charge in [0.25, 0.3) is 5.91 Å². The maximum Gasteiger partial charge on any atom is 0.254 e. The highest BCUT2D eigenvalue weighted by Crippen LogP contribution is 2.29. The van der Waals surface area contributed by atoms with E-state index in [0.717, 1.165) is 11.3 Å². The minimum absolute atomic E-state index is 0.183. The average molecular weight is 257 g/mol. The second-order valence-electron chi connectivity index (χ2n) is 4.26. The van der Waals surface area contributed by atoms with Crippen LogP contribution in [0.2, 0.25) is 0 Å². The number of para-hydroxylation sites is 2. The number of aryl methyl sites for hydroxylation is 2. The van der Waals surface area contributed by atoms with Crippen LogP contribution in [0.25, 0.3) is 0 Å². The van der Waals surface area contributed by atoms with Crippen molar-refractivity contribution in [2.24, 2.45) is 5.73 Å². The number of benzene rings is 1. The van der Waals surface area contributed by atoms with Crippen molar-refractivity contribution in [3.8, 4) is 11.6 Å². The van der Waals surface area contributed by atoms with Crippen molar-refractivity contribution < 1.29 is 9.53 Å². The van der Waals surface area contributed by atoms with Gasteiger partial charge >= 0.3 is 0 Å². The lowest BCUT2D eigenvalue weighted by Crippen LogP contribution is -2.15. The Morgan fingerprint density at radius 2 is 1.95 bits per heavy atom. The SMILES string of the molecule is Cc1cc(C)c(C(N)=O)c(Oc2ccccc2N)n1. The van der Waals surface area contributed by atoms with Crippen molar-refractivity contribution in [1.82, 2.24) is 4.98 Å². The number of nitrogen functional groups attached to an aromatic ring is 1. The van der Waals surface area contributed by atoms with Gasteiger partial charge in [-0.3, -0.25) is 4.79 Å². The number of rotatable bonds is 3. The van der Waals surface area contributed by atoms with Gasteiger partial charge in [-0.25, -0.2) is 4.98 Å². The van der Waals surface area contributed by atoms with Gasteiger partial charge in [-0.1, -0.05) is 12.1 Å². The number of nitrogens with zero attached hydrogens (tertiary/aromatic N) is 1. The first-order chi connectivity index (χ1) is 8.99. The predicted molar refractivity (Wildman–Crippen MR) is 73.2 cm³/mol. The Morgan fingerprint density at radius 1 is 1.26 bits per heavy atom. The van der Waals surface area contributed by atoms with Crippen LogP contribution in [0.4, 0.5) is 5.69 Å². The standard InChI is InChI=1S/C14H15N3O2/c1-8-7-9(2)17-14(12(8)13(16)18)19-11-6-4-3-5-10(11)15/h3-7H,15H2,1-2H3,(H2,16,18). The van der Waals surface area contributed by atoms with Gasteiger partial charge in [-0.05, 0) is 37.6 Å². The number of aromatic nitrogens is 1. The molecule has 1 heterocycles. The summed E-state index contributed by atoms with van der Waals surface area (Å²) in [6.45, 7) is 3.61. The minimum atomic E-state index is -0.575. The fourth-order valence-electron chi connectivity index (χ4n) is 1.85. The maximum absolute atomic E-state index is 11.5. The molecule has 0 aliphatic rings. The Hall–Kier alpha value is -2.56. The number of anilines is 1. The highest BCUT2D eigenvalue weighted by atomic mass is 16.5. The lowest BCUT2D eigenvalue weighted by atomic mass is 10.1.